The van der Waals surface area contributed by atoms with Gasteiger partial charge in [0.25, 0.3) is 0 Å². The van der Waals surface area contributed by atoms with Gasteiger partial charge in [0.1, 0.15) is 5.57 Å². The Kier molecular flexibility index (Phi) is 5.46. The molecule has 0 aliphatic heterocycles. The molecular weight excluding hydrogens is 284 g/mol. The lowest BCUT2D eigenvalue weighted by atomic mass is 10.1. The minimum atomic E-state index is -0.996. The number of hydrogen-bond acceptors (Lipinski definition) is 3. The quantitative estimate of drug-likeness (QED) is 0.496. The largest absolute Gasteiger partial charge is 0.503 e. The van der Waals surface area contributed by atoms with Crippen LogP contribution < -0.4 is 0 Å². The number of aliphatic carboxylic acids is 1. The van der Waals surface area contributed by atoms with E-state index in [9.17, 15) is 9.90 Å². The van der Waals surface area contributed by atoms with Crippen molar-refractivity contribution in [2.75, 3.05) is 7.11 Å². The van der Waals surface area contributed by atoms with Crippen LogP contribution in [0.1, 0.15) is 11.1 Å². The van der Waals surface area contributed by atoms with Gasteiger partial charge in [0.05, 0.1) is 13.4 Å². The molecule has 0 spiro atoms. The van der Waals surface area contributed by atoms with Crippen LogP contribution in [0, 0.1) is 0 Å². The van der Waals surface area contributed by atoms with E-state index in [0.717, 1.165) is 10.6 Å². The summed E-state index contributed by atoms with van der Waals surface area (Å²) in [6, 6.07) is 17.5. The molecule has 2 aromatic carbocycles. The van der Waals surface area contributed by atoms with Crippen molar-refractivity contribution in [2.24, 2.45) is 0 Å². The lowest BCUT2D eigenvalue weighted by Crippen LogP contribution is -2.01. The topological polar surface area (TPSA) is 46.5 Å². The van der Waals surface area contributed by atoms with Gasteiger partial charge in [-0.2, -0.15) is 0 Å². The number of benzene rings is 2. The highest BCUT2D eigenvalue weighted by molar-refractivity contribution is 7.98. The molecule has 0 unspecified atom stereocenters. The van der Waals surface area contributed by atoms with Gasteiger partial charge in [-0.05, 0) is 11.6 Å². The van der Waals surface area contributed by atoms with Gasteiger partial charge in [0.2, 0.25) is 0 Å². The van der Waals surface area contributed by atoms with E-state index >= 15 is 0 Å². The lowest BCUT2D eigenvalue weighted by molar-refractivity contribution is -0.130. The van der Waals surface area contributed by atoms with Gasteiger partial charge in [-0.15, -0.1) is 11.8 Å². The van der Waals surface area contributed by atoms with E-state index < -0.39 is 5.97 Å². The van der Waals surface area contributed by atoms with Gasteiger partial charge in [0, 0.05) is 16.2 Å². The van der Waals surface area contributed by atoms with Crippen molar-refractivity contribution in [3.05, 3.63) is 72.0 Å². The number of carboxylic acids is 1. The molecule has 0 aromatic heterocycles. The molecule has 0 atom stereocenters. The number of hydrogen-bond donors (Lipinski definition) is 1. The predicted molar refractivity (Wildman–Crippen MR) is 85.1 cm³/mol. The van der Waals surface area contributed by atoms with Crippen LogP contribution in [0.5, 0.6) is 0 Å². The van der Waals surface area contributed by atoms with Crippen molar-refractivity contribution in [1.29, 1.82) is 0 Å². The standard InChI is InChI=1S/C17H16O3S/c1-20-11-15(17(18)19)14-9-5-6-10-16(14)21-12-13-7-3-2-4-8-13/h2-11H,12H2,1H3,(H,18,19). The zero-order chi connectivity index (χ0) is 15.1. The first kappa shape index (κ1) is 15.2. The summed E-state index contributed by atoms with van der Waals surface area (Å²) in [5, 5.41) is 9.31. The third kappa shape index (κ3) is 4.13. The zero-order valence-corrected chi connectivity index (χ0v) is 12.5. The van der Waals surface area contributed by atoms with Crippen LogP contribution in [-0.4, -0.2) is 18.2 Å². The minimum Gasteiger partial charge on any atom is -0.503 e. The monoisotopic (exact) mass is 300 g/mol. The Balaban J connectivity index is 2.24. The van der Waals surface area contributed by atoms with E-state index in [1.165, 1.54) is 18.9 Å². The summed E-state index contributed by atoms with van der Waals surface area (Å²) in [5.74, 6) is -0.206. The number of rotatable bonds is 6. The van der Waals surface area contributed by atoms with Gasteiger partial charge < -0.3 is 9.84 Å². The summed E-state index contributed by atoms with van der Waals surface area (Å²) in [7, 11) is 1.45. The second-order valence-electron chi connectivity index (χ2n) is 4.34. The van der Waals surface area contributed by atoms with Crippen LogP contribution in [0.25, 0.3) is 5.57 Å². The maximum absolute atomic E-state index is 11.4. The molecule has 0 bridgehead atoms. The third-order valence-corrected chi connectivity index (χ3v) is 4.03. The molecule has 1 N–H and O–H groups in total. The first-order valence-electron chi connectivity index (χ1n) is 6.44. The van der Waals surface area contributed by atoms with Crippen LogP contribution in [0.3, 0.4) is 0 Å². The zero-order valence-electron chi connectivity index (χ0n) is 11.7. The number of carboxylic acid groups (broad SMARTS) is 1. The number of methoxy groups -OCH3 is 1. The maximum Gasteiger partial charge on any atom is 0.339 e. The molecule has 0 amide bonds. The molecule has 0 saturated carbocycles. The minimum absolute atomic E-state index is 0.161. The summed E-state index contributed by atoms with van der Waals surface area (Å²) in [6.07, 6.45) is 1.27. The van der Waals surface area contributed by atoms with Crippen molar-refractivity contribution in [2.45, 2.75) is 10.6 Å². The molecule has 21 heavy (non-hydrogen) atoms. The molecule has 2 rings (SSSR count). The normalized spacial score (nSPS) is 11.2. The lowest BCUT2D eigenvalue weighted by Gasteiger charge is -2.09. The maximum atomic E-state index is 11.4. The van der Waals surface area contributed by atoms with Crippen LogP contribution in [0.4, 0.5) is 0 Å². The van der Waals surface area contributed by atoms with Gasteiger partial charge in [0.15, 0.2) is 0 Å². The fraction of sp³-hybridized carbons (Fsp3) is 0.118. The van der Waals surface area contributed by atoms with Crippen molar-refractivity contribution >= 4 is 23.3 Å². The van der Waals surface area contributed by atoms with Crippen LogP contribution >= 0.6 is 11.8 Å². The van der Waals surface area contributed by atoms with Gasteiger partial charge in [-0.3, -0.25) is 0 Å². The second kappa shape index (κ2) is 7.55. The Morgan fingerprint density at radius 1 is 1.14 bits per heavy atom. The Hall–Kier alpha value is -2.20. The van der Waals surface area contributed by atoms with E-state index in [-0.39, 0.29) is 5.57 Å². The molecule has 0 aliphatic rings. The Morgan fingerprint density at radius 2 is 1.81 bits per heavy atom. The highest BCUT2D eigenvalue weighted by atomic mass is 32.2. The van der Waals surface area contributed by atoms with Crippen molar-refractivity contribution in [3.8, 4) is 0 Å². The molecule has 0 fully saturated rings. The summed E-state index contributed by atoms with van der Waals surface area (Å²) in [5.41, 5.74) is 2.03. The predicted octanol–water partition coefficient (Wildman–Crippen LogP) is 4.05. The molecule has 2 aromatic rings. The van der Waals surface area contributed by atoms with Gasteiger partial charge >= 0.3 is 5.97 Å². The average molecular weight is 300 g/mol. The van der Waals surface area contributed by atoms with Gasteiger partial charge in [-0.25, -0.2) is 4.79 Å². The van der Waals surface area contributed by atoms with E-state index in [4.69, 9.17) is 4.74 Å². The summed E-state index contributed by atoms with van der Waals surface area (Å²) < 4.78 is 4.89. The molecule has 0 aliphatic carbocycles. The molecule has 0 heterocycles. The van der Waals surface area contributed by atoms with E-state index in [1.54, 1.807) is 17.8 Å². The highest BCUT2D eigenvalue weighted by Crippen LogP contribution is 2.30. The van der Waals surface area contributed by atoms with E-state index in [0.29, 0.717) is 5.56 Å². The SMILES string of the molecule is COC=C(C(=O)O)c1ccccc1SCc1ccccc1. The molecule has 0 radical (unpaired) electrons. The van der Waals surface area contributed by atoms with E-state index in [2.05, 4.69) is 12.1 Å². The number of ether oxygens (including phenoxy) is 1. The fourth-order valence-electron chi connectivity index (χ4n) is 1.90. The van der Waals surface area contributed by atoms with E-state index in [1.807, 2.05) is 36.4 Å². The Labute approximate surface area is 128 Å². The van der Waals surface area contributed by atoms with Crippen LogP contribution in [-0.2, 0) is 15.3 Å². The molecule has 0 saturated heterocycles. The van der Waals surface area contributed by atoms with Crippen LogP contribution in [0.15, 0.2) is 65.8 Å². The average Bonchev–Trinajstić information content (AvgIpc) is 2.52. The van der Waals surface area contributed by atoms with Crippen molar-refractivity contribution in [1.82, 2.24) is 0 Å². The third-order valence-electron chi connectivity index (χ3n) is 2.88. The van der Waals surface area contributed by atoms with Gasteiger partial charge in [-0.1, -0.05) is 48.5 Å². The summed E-state index contributed by atoms with van der Waals surface area (Å²) >= 11 is 1.61. The number of carbonyl (C=O) groups is 1. The first-order chi connectivity index (χ1) is 10.2. The Morgan fingerprint density at radius 3 is 2.48 bits per heavy atom. The number of thioether (sulfide) groups is 1. The highest BCUT2D eigenvalue weighted by Gasteiger charge is 2.15. The fourth-order valence-corrected chi connectivity index (χ4v) is 2.92. The molecule has 4 heteroatoms. The van der Waals surface area contributed by atoms with Crippen molar-refractivity contribution in [3.63, 3.8) is 0 Å². The van der Waals surface area contributed by atoms with Crippen molar-refractivity contribution < 1.29 is 14.6 Å². The smallest absolute Gasteiger partial charge is 0.339 e. The second-order valence-corrected chi connectivity index (χ2v) is 5.36. The summed E-state index contributed by atoms with van der Waals surface area (Å²) in [6.45, 7) is 0. The molecule has 3 nitrogen and oxygen atoms in total. The van der Waals surface area contributed by atoms with Crippen LogP contribution in [0.2, 0.25) is 0 Å². The first-order valence-corrected chi connectivity index (χ1v) is 7.43. The molecular formula is C17H16O3S. The Bertz CT molecular complexity index is 635. The summed E-state index contributed by atoms with van der Waals surface area (Å²) in [4.78, 5) is 12.3. The molecule has 108 valence electrons.